The molecule has 1 heterocycles. The fourth-order valence-corrected chi connectivity index (χ4v) is 2.92. The summed E-state index contributed by atoms with van der Waals surface area (Å²) < 4.78 is 11.6. The summed E-state index contributed by atoms with van der Waals surface area (Å²) in [5.74, 6) is 0.976. The maximum Gasteiger partial charge on any atom is 0.119 e. The van der Waals surface area contributed by atoms with Crippen LogP contribution in [0.25, 0.3) is 0 Å². The summed E-state index contributed by atoms with van der Waals surface area (Å²) in [6.45, 7) is 7.00. The Hall–Kier alpha value is -1.06. The van der Waals surface area contributed by atoms with E-state index in [9.17, 15) is 0 Å². The summed E-state index contributed by atoms with van der Waals surface area (Å²) >= 11 is 0. The SMILES string of the molecule is CCNC(CCOc1cccc(C)c1)CCC1CCCO1. The van der Waals surface area contributed by atoms with Crippen LogP contribution in [0.4, 0.5) is 0 Å². The van der Waals surface area contributed by atoms with Crippen LogP contribution in [0, 0.1) is 6.92 Å². The molecule has 0 radical (unpaired) electrons. The van der Waals surface area contributed by atoms with Crippen molar-refractivity contribution in [2.24, 2.45) is 0 Å². The molecule has 2 atom stereocenters. The highest BCUT2D eigenvalue weighted by molar-refractivity contribution is 5.27. The van der Waals surface area contributed by atoms with Crippen molar-refractivity contribution in [1.29, 1.82) is 0 Å². The van der Waals surface area contributed by atoms with Crippen LogP contribution >= 0.6 is 0 Å². The summed E-state index contributed by atoms with van der Waals surface area (Å²) in [5, 5.41) is 3.57. The molecule has 2 unspecified atom stereocenters. The molecule has 0 aliphatic carbocycles. The third-order valence-corrected chi connectivity index (χ3v) is 4.08. The molecular formula is C18H29NO2. The molecule has 0 saturated carbocycles. The molecular weight excluding hydrogens is 262 g/mol. The van der Waals surface area contributed by atoms with Crippen molar-refractivity contribution in [3.63, 3.8) is 0 Å². The minimum absolute atomic E-state index is 0.490. The summed E-state index contributed by atoms with van der Waals surface area (Å²) in [5.41, 5.74) is 1.24. The van der Waals surface area contributed by atoms with Gasteiger partial charge in [0.05, 0.1) is 12.7 Å². The molecule has 118 valence electrons. The van der Waals surface area contributed by atoms with E-state index < -0.39 is 0 Å². The second-order valence-electron chi connectivity index (χ2n) is 5.92. The Morgan fingerprint density at radius 1 is 1.38 bits per heavy atom. The maximum atomic E-state index is 5.86. The first-order chi connectivity index (χ1) is 10.3. The highest BCUT2D eigenvalue weighted by atomic mass is 16.5. The van der Waals surface area contributed by atoms with Gasteiger partial charge in [0.15, 0.2) is 0 Å². The standard InChI is InChI=1S/C18H29NO2/c1-3-19-16(9-10-17-8-5-12-20-17)11-13-21-18-7-4-6-15(2)14-18/h4,6-7,14,16-17,19H,3,5,8-13H2,1-2H3. The molecule has 0 aromatic heterocycles. The van der Waals surface area contributed by atoms with E-state index >= 15 is 0 Å². The van der Waals surface area contributed by atoms with Crippen LogP contribution in [0.5, 0.6) is 5.75 Å². The Morgan fingerprint density at radius 3 is 3.00 bits per heavy atom. The number of benzene rings is 1. The lowest BCUT2D eigenvalue weighted by molar-refractivity contribution is 0.0986. The second kappa shape index (κ2) is 9.06. The zero-order chi connectivity index (χ0) is 14.9. The predicted molar refractivity (Wildman–Crippen MR) is 87.0 cm³/mol. The molecule has 3 heteroatoms. The van der Waals surface area contributed by atoms with Crippen LogP contribution in [0.15, 0.2) is 24.3 Å². The van der Waals surface area contributed by atoms with Gasteiger partial charge in [0, 0.05) is 12.6 Å². The fourth-order valence-electron chi connectivity index (χ4n) is 2.92. The van der Waals surface area contributed by atoms with Gasteiger partial charge in [0.2, 0.25) is 0 Å². The van der Waals surface area contributed by atoms with E-state index in [4.69, 9.17) is 9.47 Å². The van der Waals surface area contributed by atoms with E-state index in [0.29, 0.717) is 12.1 Å². The molecule has 1 aliphatic heterocycles. The fraction of sp³-hybridized carbons (Fsp3) is 0.667. The quantitative estimate of drug-likeness (QED) is 0.752. The molecule has 1 aromatic carbocycles. The molecule has 1 aliphatic rings. The molecule has 2 rings (SSSR count). The molecule has 1 saturated heterocycles. The first-order valence-electron chi connectivity index (χ1n) is 8.32. The van der Waals surface area contributed by atoms with E-state index in [-0.39, 0.29) is 0 Å². The van der Waals surface area contributed by atoms with Crippen LogP contribution < -0.4 is 10.1 Å². The minimum atomic E-state index is 0.490. The predicted octanol–water partition coefficient (Wildman–Crippen LogP) is 3.70. The summed E-state index contributed by atoms with van der Waals surface area (Å²) in [6.07, 6.45) is 6.35. The van der Waals surface area contributed by atoms with Gasteiger partial charge in [-0.3, -0.25) is 0 Å². The van der Waals surface area contributed by atoms with Crippen molar-refractivity contribution in [2.45, 2.75) is 58.1 Å². The van der Waals surface area contributed by atoms with Gasteiger partial charge in [-0.15, -0.1) is 0 Å². The average Bonchev–Trinajstić information content (AvgIpc) is 2.98. The van der Waals surface area contributed by atoms with Crippen molar-refractivity contribution in [3.05, 3.63) is 29.8 Å². The first-order valence-corrected chi connectivity index (χ1v) is 8.32. The van der Waals surface area contributed by atoms with Gasteiger partial charge in [0.1, 0.15) is 5.75 Å². The van der Waals surface area contributed by atoms with Gasteiger partial charge in [-0.25, -0.2) is 0 Å². The number of aryl methyl sites for hydroxylation is 1. The zero-order valence-electron chi connectivity index (χ0n) is 13.4. The van der Waals surface area contributed by atoms with Gasteiger partial charge in [0.25, 0.3) is 0 Å². The molecule has 0 bridgehead atoms. The highest BCUT2D eigenvalue weighted by Gasteiger charge is 2.17. The van der Waals surface area contributed by atoms with Gasteiger partial charge < -0.3 is 14.8 Å². The summed E-state index contributed by atoms with van der Waals surface area (Å²) in [6, 6.07) is 8.79. The Bertz CT molecular complexity index is 402. The molecule has 21 heavy (non-hydrogen) atoms. The second-order valence-corrected chi connectivity index (χ2v) is 5.92. The van der Waals surface area contributed by atoms with Crippen LogP contribution in [0.3, 0.4) is 0 Å². The van der Waals surface area contributed by atoms with E-state index in [1.165, 1.54) is 31.2 Å². The Balaban J connectivity index is 1.68. The lowest BCUT2D eigenvalue weighted by atomic mass is 10.0. The van der Waals surface area contributed by atoms with E-state index in [1.807, 2.05) is 12.1 Å². The van der Waals surface area contributed by atoms with Gasteiger partial charge >= 0.3 is 0 Å². The van der Waals surface area contributed by atoms with Gasteiger partial charge in [-0.2, -0.15) is 0 Å². The molecule has 3 nitrogen and oxygen atoms in total. The third kappa shape index (κ3) is 6.06. The normalized spacial score (nSPS) is 19.6. The van der Waals surface area contributed by atoms with Crippen molar-refractivity contribution in [3.8, 4) is 5.75 Å². The zero-order valence-corrected chi connectivity index (χ0v) is 13.4. The number of hydrogen-bond acceptors (Lipinski definition) is 3. The lowest BCUT2D eigenvalue weighted by Crippen LogP contribution is -2.31. The van der Waals surface area contributed by atoms with E-state index in [2.05, 4.69) is 31.3 Å². The van der Waals surface area contributed by atoms with Crippen LogP contribution in [-0.4, -0.2) is 31.9 Å². The van der Waals surface area contributed by atoms with Crippen molar-refractivity contribution < 1.29 is 9.47 Å². The van der Waals surface area contributed by atoms with Crippen LogP contribution in [0.2, 0.25) is 0 Å². The van der Waals surface area contributed by atoms with Gasteiger partial charge in [-0.1, -0.05) is 19.1 Å². The first kappa shape index (κ1) is 16.3. The number of nitrogens with one attached hydrogen (secondary N) is 1. The third-order valence-electron chi connectivity index (χ3n) is 4.08. The van der Waals surface area contributed by atoms with E-state index in [1.54, 1.807) is 0 Å². The van der Waals surface area contributed by atoms with E-state index in [0.717, 1.165) is 31.9 Å². The largest absolute Gasteiger partial charge is 0.494 e. The molecule has 1 aromatic rings. The smallest absolute Gasteiger partial charge is 0.119 e. The number of ether oxygens (including phenoxy) is 2. The molecule has 1 N–H and O–H groups in total. The summed E-state index contributed by atoms with van der Waals surface area (Å²) in [7, 11) is 0. The highest BCUT2D eigenvalue weighted by Crippen LogP contribution is 2.19. The Kier molecular flexibility index (Phi) is 7.04. The summed E-state index contributed by atoms with van der Waals surface area (Å²) in [4.78, 5) is 0. The van der Waals surface area contributed by atoms with Crippen molar-refractivity contribution in [1.82, 2.24) is 5.32 Å². The Labute approximate surface area is 129 Å². The molecule has 0 amide bonds. The average molecular weight is 291 g/mol. The monoisotopic (exact) mass is 291 g/mol. The van der Waals surface area contributed by atoms with Gasteiger partial charge in [-0.05, 0) is 63.3 Å². The number of hydrogen-bond donors (Lipinski definition) is 1. The number of rotatable bonds is 9. The molecule has 1 fully saturated rings. The van der Waals surface area contributed by atoms with Crippen LogP contribution in [-0.2, 0) is 4.74 Å². The Morgan fingerprint density at radius 2 is 2.29 bits per heavy atom. The maximum absolute atomic E-state index is 5.86. The topological polar surface area (TPSA) is 30.5 Å². The van der Waals surface area contributed by atoms with Crippen molar-refractivity contribution >= 4 is 0 Å². The molecule has 0 spiro atoms. The van der Waals surface area contributed by atoms with Crippen molar-refractivity contribution in [2.75, 3.05) is 19.8 Å². The minimum Gasteiger partial charge on any atom is -0.494 e. The lowest BCUT2D eigenvalue weighted by Gasteiger charge is -2.20. The van der Waals surface area contributed by atoms with Crippen LogP contribution in [0.1, 0.15) is 44.6 Å².